The SMILES string of the molecule is CCN(CC)C(=O)CN1CCN(c2ccc(S(=O)(=O)N3CCOCC3)cc2[N+](=O)[O-])CC1. The van der Waals surface area contributed by atoms with Crippen molar-refractivity contribution in [2.45, 2.75) is 18.7 Å². The lowest BCUT2D eigenvalue weighted by atomic mass is 10.2. The summed E-state index contributed by atoms with van der Waals surface area (Å²) in [5.41, 5.74) is 0.164. The number of sulfonamides is 1. The van der Waals surface area contributed by atoms with E-state index in [0.29, 0.717) is 64.7 Å². The van der Waals surface area contributed by atoms with Gasteiger partial charge in [-0.25, -0.2) is 8.42 Å². The van der Waals surface area contributed by atoms with Crippen molar-refractivity contribution in [1.82, 2.24) is 14.1 Å². The van der Waals surface area contributed by atoms with E-state index in [9.17, 15) is 23.3 Å². The molecule has 0 N–H and O–H groups in total. The van der Waals surface area contributed by atoms with Crippen LogP contribution in [0.2, 0.25) is 0 Å². The van der Waals surface area contributed by atoms with E-state index >= 15 is 0 Å². The first-order chi connectivity index (χ1) is 15.3. The molecule has 1 aromatic rings. The van der Waals surface area contributed by atoms with Gasteiger partial charge in [0.2, 0.25) is 15.9 Å². The lowest BCUT2D eigenvalue weighted by Crippen LogP contribution is -2.50. The normalized spacial score (nSPS) is 18.5. The van der Waals surface area contributed by atoms with Gasteiger partial charge in [-0.05, 0) is 26.0 Å². The average Bonchev–Trinajstić information content (AvgIpc) is 2.80. The Hall–Kier alpha value is -2.28. The molecule has 0 saturated carbocycles. The monoisotopic (exact) mass is 469 g/mol. The Kier molecular flexibility index (Phi) is 8.04. The molecule has 3 rings (SSSR count). The van der Waals surface area contributed by atoms with Crippen LogP contribution in [0.4, 0.5) is 11.4 Å². The van der Waals surface area contributed by atoms with Crippen LogP contribution in [0.25, 0.3) is 0 Å². The Balaban J connectivity index is 1.72. The predicted molar refractivity (Wildman–Crippen MR) is 119 cm³/mol. The highest BCUT2D eigenvalue weighted by Crippen LogP contribution is 2.32. The number of anilines is 1. The molecule has 0 spiro atoms. The van der Waals surface area contributed by atoms with Crippen LogP contribution in [0.15, 0.2) is 23.1 Å². The number of carbonyl (C=O) groups is 1. The van der Waals surface area contributed by atoms with Gasteiger partial charge < -0.3 is 14.5 Å². The number of nitrogens with zero attached hydrogens (tertiary/aromatic N) is 5. The van der Waals surface area contributed by atoms with Crippen molar-refractivity contribution in [3.63, 3.8) is 0 Å². The van der Waals surface area contributed by atoms with Crippen LogP contribution in [0.3, 0.4) is 0 Å². The van der Waals surface area contributed by atoms with Gasteiger partial charge in [-0.3, -0.25) is 19.8 Å². The van der Waals surface area contributed by atoms with Gasteiger partial charge in [-0.2, -0.15) is 4.31 Å². The third-order valence-electron chi connectivity index (χ3n) is 5.94. The molecule has 2 aliphatic heterocycles. The first-order valence-electron chi connectivity index (χ1n) is 10.9. The van der Waals surface area contributed by atoms with Gasteiger partial charge in [0.15, 0.2) is 0 Å². The minimum Gasteiger partial charge on any atom is -0.379 e. The van der Waals surface area contributed by atoms with E-state index in [2.05, 4.69) is 0 Å². The van der Waals surface area contributed by atoms with E-state index in [1.54, 1.807) is 4.90 Å². The first-order valence-corrected chi connectivity index (χ1v) is 12.3. The van der Waals surface area contributed by atoms with Crippen LogP contribution in [0.1, 0.15) is 13.8 Å². The summed E-state index contributed by atoms with van der Waals surface area (Å²) in [4.78, 5) is 29.2. The van der Waals surface area contributed by atoms with Gasteiger partial charge in [0.05, 0.1) is 29.6 Å². The lowest BCUT2D eigenvalue weighted by Gasteiger charge is -2.36. The number of nitro benzene ring substituents is 1. The predicted octanol–water partition coefficient (Wildman–Crippen LogP) is 0.606. The molecule has 2 heterocycles. The van der Waals surface area contributed by atoms with Gasteiger partial charge in [0.1, 0.15) is 5.69 Å². The van der Waals surface area contributed by atoms with E-state index < -0.39 is 14.9 Å². The van der Waals surface area contributed by atoms with Crippen molar-refractivity contribution in [2.24, 2.45) is 0 Å². The summed E-state index contributed by atoms with van der Waals surface area (Å²) in [6, 6.07) is 4.10. The maximum atomic E-state index is 12.9. The van der Waals surface area contributed by atoms with Crippen LogP contribution < -0.4 is 4.90 Å². The Morgan fingerprint density at radius 2 is 1.72 bits per heavy atom. The van der Waals surface area contributed by atoms with E-state index in [0.717, 1.165) is 6.07 Å². The van der Waals surface area contributed by atoms with Crippen LogP contribution in [-0.2, 0) is 19.6 Å². The standard InChI is InChI=1S/C20H31N5O6S/c1-3-22(4-2)20(26)16-21-7-9-23(10-8-21)18-6-5-17(15-19(18)25(27)28)32(29,30)24-11-13-31-14-12-24/h5-6,15H,3-4,7-14,16H2,1-2H3. The second kappa shape index (κ2) is 10.6. The minimum absolute atomic E-state index is 0.0760. The van der Waals surface area contributed by atoms with E-state index in [1.165, 1.54) is 16.4 Å². The summed E-state index contributed by atoms with van der Waals surface area (Å²) >= 11 is 0. The maximum absolute atomic E-state index is 12.9. The molecule has 0 atom stereocenters. The topological polar surface area (TPSA) is 117 Å². The first kappa shape index (κ1) is 24.4. The summed E-state index contributed by atoms with van der Waals surface area (Å²) < 4.78 is 32.3. The number of amides is 1. The van der Waals surface area contributed by atoms with E-state index in [4.69, 9.17) is 4.74 Å². The number of piperazine rings is 1. The number of likely N-dealkylation sites (N-methyl/N-ethyl adjacent to an activating group) is 1. The molecule has 0 aliphatic carbocycles. The highest BCUT2D eigenvalue weighted by molar-refractivity contribution is 7.89. The number of carbonyl (C=O) groups excluding carboxylic acids is 1. The number of benzene rings is 1. The van der Waals surface area contributed by atoms with Crippen molar-refractivity contribution in [3.05, 3.63) is 28.3 Å². The van der Waals surface area contributed by atoms with Gasteiger partial charge in [0.25, 0.3) is 5.69 Å². The van der Waals surface area contributed by atoms with Crippen LogP contribution in [0.5, 0.6) is 0 Å². The molecule has 0 aromatic heterocycles. The molecule has 32 heavy (non-hydrogen) atoms. The molecule has 0 unspecified atom stereocenters. The summed E-state index contributed by atoms with van der Waals surface area (Å²) in [5, 5.41) is 11.8. The zero-order chi connectivity index (χ0) is 23.3. The van der Waals surface area contributed by atoms with Gasteiger partial charge in [-0.15, -0.1) is 0 Å². The summed E-state index contributed by atoms with van der Waals surface area (Å²) in [6.45, 7) is 8.85. The average molecular weight is 470 g/mol. The summed E-state index contributed by atoms with van der Waals surface area (Å²) in [7, 11) is -3.82. The smallest absolute Gasteiger partial charge is 0.293 e. The van der Waals surface area contributed by atoms with Gasteiger partial charge in [-0.1, -0.05) is 0 Å². The van der Waals surface area contributed by atoms with Crippen LogP contribution in [0, 0.1) is 10.1 Å². The molecular formula is C20H31N5O6S. The minimum atomic E-state index is -3.82. The summed E-state index contributed by atoms with van der Waals surface area (Å²) in [5.74, 6) is 0.0760. The second-order valence-corrected chi connectivity index (χ2v) is 9.69. The Bertz CT molecular complexity index is 922. The van der Waals surface area contributed by atoms with Crippen molar-refractivity contribution >= 4 is 27.3 Å². The number of nitro groups is 1. The molecule has 12 heteroatoms. The van der Waals surface area contributed by atoms with Crippen molar-refractivity contribution in [2.75, 3.05) is 77.0 Å². The molecule has 11 nitrogen and oxygen atoms in total. The molecule has 1 amide bonds. The number of morpholine rings is 1. The molecule has 2 aliphatic rings. The number of hydrogen-bond acceptors (Lipinski definition) is 8. The third kappa shape index (κ3) is 5.37. The van der Waals surface area contributed by atoms with Gasteiger partial charge in [0, 0.05) is 58.4 Å². The lowest BCUT2D eigenvalue weighted by molar-refractivity contribution is -0.384. The number of ether oxygens (including phenoxy) is 1. The molecule has 178 valence electrons. The van der Waals surface area contributed by atoms with Gasteiger partial charge >= 0.3 is 0 Å². The molecule has 1 aromatic carbocycles. The van der Waals surface area contributed by atoms with Crippen LogP contribution in [-0.4, -0.2) is 105 Å². The molecular weight excluding hydrogens is 438 g/mol. The highest BCUT2D eigenvalue weighted by atomic mass is 32.2. The third-order valence-corrected chi connectivity index (χ3v) is 7.83. The quantitative estimate of drug-likeness (QED) is 0.402. The fourth-order valence-corrected chi connectivity index (χ4v) is 5.46. The van der Waals surface area contributed by atoms with E-state index in [1.807, 2.05) is 23.6 Å². The van der Waals surface area contributed by atoms with Crippen molar-refractivity contribution in [1.29, 1.82) is 0 Å². The zero-order valence-corrected chi connectivity index (χ0v) is 19.4. The molecule has 2 fully saturated rings. The number of hydrogen-bond donors (Lipinski definition) is 0. The Morgan fingerprint density at radius 1 is 1.09 bits per heavy atom. The van der Waals surface area contributed by atoms with Crippen molar-refractivity contribution in [3.8, 4) is 0 Å². The van der Waals surface area contributed by atoms with Crippen LogP contribution >= 0.6 is 0 Å². The largest absolute Gasteiger partial charge is 0.379 e. The molecule has 0 radical (unpaired) electrons. The highest BCUT2D eigenvalue weighted by Gasteiger charge is 2.31. The second-order valence-electron chi connectivity index (χ2n) is 7.75. The Morgan fingerprint density at radius 3 is 2.28 bits per heavy atom. The molecule has 2 saturated heterocycles. The fourth-order valence-electron chi connectivity index (χ4n) is 4.03. The Labute approximate surface area is 188 Å². The molecule has 0 bridgehead atoms. The summed E-state index contributed by atoms with van der Waals surface area (Å²) in [6.07, 6.45) is 0. The fraction of sp³-hybridized carbons (Fsp3) is 0.650. The maximum Gasteiger partial charge on any atom is 0.293 e. The number of rotatable bonds is 8. The zero-order valence-electron chi connectivity index (χ0n) is 18.6. The van der Waals surface area contributed by atoms with E-state index in [-0.39, 0.29) is 29.6 Å². The van der Waals surface area contributed by atoms with Crippen molar-refractivity contribution < 1.29 is 22.9 Å².